The van der Waals surface area contributed by atoms with E-state index in [1.54, 1.807) is 6.07 Å². The molecule has 136 valence electrons. The Labute approximate surface area is 147 Å². The van der Waals surface area contributed by atoms with Crippen molar-refractivity contribution >= 4 is 10.9 Å². The van der Waals surface area contributed by atoms with Gasteiger partial charge in [0.1, 0.15) is 17.1 Å². The number of nitrogens with one attached hydrogen (secondary N) is 1. The molecule has 1 N–H and O–H groups in total. The molecule has 0 spiro atoms. The van der Waals surface area contributed by atoms with Crippen molar-refractivity contribution in [2.75, 3.05) is 33.3 Å². The van der Waals surface area contributed by atoms with Gasteiger partial charge >= 0.3 is 0 Å². The molecule has 25 heavy (non-hydrogen) atoms. The molecule has 0 atom stereocenters. The summed E-state index contributed by atoms with van der Waals surface area (Å²) >= 11 is 0. The van der Waals surface area contributed by atoms with Crippen LogP contribution in [0.3, 0.4) is 0 Å². The maximum absolute atomic E-state index is 14.3. The number of pyridine rings is 1. The largest absolute Gasteiger partial charge is 0.497 e. The molecule has 2 heterocycles. The van der Waals surface area contributed by atoms with Gasteiger partial charge in [-0.1, -0.05) is 6.92 Å². The molecule has 0 saturated carbocycles. The standard InChI is InChI=1S/C19H25F2N3O/c1-3-22-13-4-7-24(8-5-13)9-6-15-16-10-14(25-2)11-17(20)19(16)23-12-18(15)21/h10-13,22H,3-9H2,1-2H3. The highest BCUT2D eigenvalue weighted by molar-refractivity contribution is 5.84. The van der Waals surface area contributed by atoms with Crippen LogP contribution in [0, 0.1) is 11.6 Å². The van der Waals surface area contributed by atoms with Gasteiger partial charge in [-0.2, -0.15) is 0 Å². The smallest absolute Gasteiger partial charge is 0.153 e. The summed E-state index contributed by atoms with van der Waals surface area (Å²) in [4.78, 5) is 6.26. The maximum atomic E-state index is 14.3. The Morgan fingerprint density at radius 1 is 1.24 bits per heavy atom. The summed E-state index contributed by atoms with van der Waals surface area (Å²) in [7, 11) is 1.47. The zero-order valence-electron chi connectivity index (χ0n) is 14.8. The number of aromatic nitrogens is 1. The van der Waals surface area contributed by atoms with Crippen LogP contribution >= 0.6 is 0 Å². The Bertz CT molecular complexity index is 730. The third kappa shape index (κ3) is 4.07. The number of likely N-dealkylation sites (tertiary alicyclic amines) is 1. The molecule has 0 unspecified atom stereocenters. The van der Waals surface area contributed by atoms with E-state index in [2.05, 4.69) is 22.1 Å². The fraction of sp³-hybridized carbons (Fsp3) is 0.526. The fourth-order valence-corrected chi connectivity index (χ4v) is 3.55. The lowest BCUT2D eigenvalue weighted by Crippen LogP contribution is -2.43. The SMILES string of the molecule is CCNC1CCN(CCc2c(F)cnc3c(F)cc(OC)cc23)CC1. The normalized spacial score (nSPS) is 16.5. The second kappa shape index (κ2) is 8.06. The van der Waals surface area contributed by atoms with Crippen LogP contribution < -0.4 is 10.1 Å². The summed E-state index contributed by atoms with van der Waals surface area (Å²) in [6.45, 7) is 5.87. The number of piperidine rings is 1. The Morgan fingerprint density at radius 2 is 2.00 bits per heavy atom. The molecule has 2 aromatic rings. The van der Waals surface area contributed by atoms with Crippen LogP contribution in [-0.4, -0.2) is 49.2 Å². The molecule has 0 bridgehead atoms. The summed E-state index contributed by atoms with van der Waals surface area (Å²) in [6.07, 6.45) is 3.86. The van der Waals surface area contributed by atoms with Crippen LogP contribution in [0.15, 0.2) is 18.3 Å². The molecule has 0 aliphatic carbocycles. The molecular weight excluding hydrogens is 324 g/mol. The highest BCUT2D eigenvalue weighted by Crippen LogP contribution is 2.27. The molecule has 0 radical (unpaired) electrons. The minimum Gasteiger partial charge on any atom is -0.497 e. The first-order chi connectivity index (χ1) is 12.1. The Hall–Kier alpha value is -1.79. The molecule has 1 aromatic heterocycles. The predicted octanol–water partition coefficient (Wildman–Crippen LogP) is 3.14. The van der Waals surface area contributed by atoms with Crippen molar-refractivity contribution < 1.29 is 13.5 Å². The van der Waals surface area contributed by atoms with E-state index in [1.807, 2.05) is 0 Å². The first kappa shape index (κ1) is 18.0. The lowest BCUT2D eigenvalue weighted by atomic mass is 10.0. The quantitative estimate of drug-likeness (QED) is 0.869. The zero-order chi connectivity index (χ0) is 17.8. The summed E-state index contributed by atoms with van der Waals surface area (Å²) < 4.78 is 33.6. The summed E-state index contributed by atoms with van der Waals surface area (Å²) in [6, 6.07) is 3.53. The molecule has 3 rings (SSSR count). The van der Waals surface area contributed by atoms with E-state index in [-0.39, 0.29) is 11.3 Å². The van der Waals surface area contributed by atoms with Gasteiger partial charge in [0.25, 0.3) is 0 Å². The topological polar surface area (TPSA) is 37.4 Å². The van der Waals surface area contributed by atoms with Crippen molar-refractivity contribution in [3.8, 4) is 5.75 Å². The predicted molar refractivity (Wildman–Crippen MR) is 95.1 cm³/mol. The second-order valence-corrected chi connectivity index (χ2v) is 6.51. The van der Waals surface area contributed by atoms with Crippen molar-refractivity contribution in [3.05, 3.63) is 35.5 Å². The number of hydrogen-bond donors (Lipinski definition) is 1. The van der Waals surface area contributed by atoms with Gasteiger partial charge in [0.2, 0.25) is 0 Å². The van der Waals surface area contributed by atoms with Crippen molar-refractivity contribution in [3.63, 3.8) is 0 Å². The van der Waals surface area contributed by atoms with E-state index in [1.165, 1.54) is 13.2 Å². The molecule has 6 heteroatoms. The van der Waals surface area contributed by atoms with E-state index in [9.17, 15) is 8.78 Å². The Balaban J connectivity index is 1.75. The maximum Gasteiger partial charge on any atom is 0.153 e. The molecule has 4 nitrogen and oxygen atoms in total. The summed E-state index contributed by atoms with van der Waals surface area (Å²) in [5.41, 5.74) is 0.708. The number of rotatable bonds is 6. The van der Waals surface area contributed by atoms with E-state index in [0.717, 1.165) is 45.2 Å². The number of ether oxygens (including phenoxy) is 1. The van der Waals surface area contributed by atoms with Gasteiger partial charge in [0.15, 0.2) is 5.82 Å². The van der Waals surface area contributed by atoms with E-state index < -0.39 is 5.82 Å². The molecule has 1 aliphatic heterocycles. The van der Waals surface area contributed by atoms with E-state index in [0.29, 0.717) is 29.2 Å². The van der Waals surface area contributed by atoms with Crippen LogP contribution in [0.5, 0.6) is 5.75 Å². The fourth-order valence-electron chi connectivity index (χ4n) is 3.55. The van der Waals surface area contributed by atoms with Gasteiger partial charge in [0, 0.05) is 29.6 Å². The highest BCUT2D eigenvalue weighted by atomic mass is 19.1. The second-order valence-electron chi connectivity index (χ2n) is 6.51. The van der Waals surface area contributed by atoms with Crippen molar-refractivity contribution in [1.82, 2.24) is 15.2 Å². The molecule has 1 saturated heterocycles. The lowest BCUT2D eigenvalue weighted by Gasteiger charge is -2.32. The zero-order valence-corrected chi connectivity index (χ0v) is 14.8. The van der Waals surface area contributed by atoms with Gasteiger partial charge in [-0.15, -0.1) is 0 Å². The number of methoxy groups -OCH3 is 1. The van der Waals surface area contributed by atoms with Gasteiger partial charge < -0.3 is 15.0 Å². The Morgan fingerprint density at radius 3 is 2.68 bits per heavy atom. The third-order valence-electron chi connectivity index (χ3n) is 4.95. The third-order valence-corrected chi connectivity index (χ3v) is 4.95. The summed E-state index contributed by atoms with van der Waals surface area (Å²) in [5.74, 6) is -0.491. The van der Waals surface area contributed by atoms with Crippen LogP contribution in [0.4, 0.5) is 8.78 Å². The Kier molecular flexibility index (Phi) is 5.81. The number of fused-ring (bicyclic) bond motifs is 1. The van der Waals surface area contributed by atoms with Gasteiger partial charge in [-0.3, -0.25) is 4.98 Å². The number of hydrogen-bond acceptors (Lipinski definition) is 4. The van der Waals surface area contributed by atoms with E-state index in [4.69, 9.17) is 4.74 Å². The first-order valence-electron chi connectivity index (χ1n) is 8.88. The van der Waals surface area contributed by atoms with Gasteiger partial charge in [0.05, 0.1) is 13.3 Å². The molecule has 1 aromatic carbocycles. The molecule has 0 amide bonds. The van der Waals surface area contributed by atoms with Crippen LogP contribution in [0.25, 0.3) is 10.9 Å². The van der Waals surface area contributed by atoms with Crippen LogP contribution in [0.2, 0.25) is 0 Å². The minimum atomic E-state index is -0.484. The van der Waals surface area contributed by atoms with E-state index >= 15 is 0 Å². The van der Waals surface area contributed by atoms with Crippen molar-refractivity contribution in [1.29, 1.82) is 0 Å². The first-order valence-corrected chi connectivity index (χ1v) is 8.88. The number of benzene rings is 1. The highest BCUT2D eigenvalue weighted by Gasteiger charge is 2.19. The van der Waals surface area contributed by atoms with Crippen LogP contribution in [0.1, 0.15) is 25.3 Å². The van der Waals surface area contributed by atoms with Crippen molar-refractivity contribution in [2.24, 2.45) is 0 Å². The number of nitrogens with zero attached hydrogens (tertiary/aromatic N) is 2. The van der Waals surface area contributed by atoms with Gasteiger partial charge in [-0.05, 0) is 45.0 Å². The van der Waals surface area contributed by atoms with Crippen molar-refractivity contribution in [2.45, 2.75) is 32.2 Å². The molecule has 1 aliphatic rings. The average Bonchev–Trinajstić information content (AvgIpc) is 2.62. The molecule has 1 fully saturated rings. The average molecular weight is 349 g/mol. The minimum absolute atomic E-state index is 0.197. The summed E-state index contributed by atoms with van der Waals surface area (Å²) in [5, 5.41) is 3.98. The van der Waals surface area contributed by atoms with Crippen LogP contribution in [-0.2, 0) is 6.42 Å². The number of halogens is 2. The molecular formula is C19H25F2N3O. The lowest BCUT2D eigenvalue weighted by molar-refractivity contribution is 0.200. The monoisotopic (exact) mass is 349 g/mol. The van der Waals surface area contributed by atoms with Gasteiger partial charge in [-0.25, -0.2) is 8.78 Å².